The zero-order chi connectivity index (χ0) is 13.1. The minimum absolute atomic E-state index is 0.106. The fraction of sp³-hybridized carbons (Fsp3) is 0.500. The Morgan fingerprint density at radius 2 is 2.39 bits per heavy atom. The molecule has 1 N–H and O–H groups in total. The summed E-state index contributed by atoms with van der Waals surface area (Å²) >= 11 is 0. The molecule has 0 aromatic heterocycles. The van der Waals surface area contributed by atoms with E-state index in [1.807, 2.05) is 0 Å². The molecule has 1 aliphatic heterocycles. The van der Waals surface area contributed by atoms with Crippen molar-refractivity contribution in [2.75, 3.05) is 13.7 Å². The molecule has 18 heavy (non-hydrogen) atoms. The van der Waals surface area contributed by atoms with Gasteiger partial charge in [0.1, 0.15) is 0 Å². The first kappa shape index (κ1) is 12.8. The van der Waals surface area contributed by atoms with Gasteiger partial charge in [0.25, 0.3) is 5.69 Å². The molecule has 1 aromatic carbocycles. The van der Waals surface area contributed by atoms with Crippen molar-refractivity contribution in [3.63, 3.8) is 0 Å². The van der Waals surface area contributed by atoms with E-state index in [2.05, 4.69) is 5.32 Å². The lowest BCUT2D eigenvalue weighted by Gasteiger charge is -2.13. The number of hydrogen-bond donors (Lipinski definition) is 1. The highest BCUT2D eigenvalue weighted by Gasteiger charge is 2.21. The van der Waals surface area contributed by atoms with Crippen LogP contribution in [-0.2, 0) is 6.42 Å². The zero-order valence-corrected chi connectivity index (χ0v) is 10.1. The lowest BCUT2D eigenvalue weighted by atomic mass is 10.0. The van der Waals surface area contributed by atoms with E-state index >= 15 is 0 Å². The number of methoxy groups -OCH3 is 1. The summed E-state index contributed by atoms with van der Waals surface area (Å²) in [6.07, 6.45) is 2.61. The molecule has 1 unspecified atom stereocenters. The number of nitro groups is 1. The predicted molar refractivity (Wildman–Crippen MR) is 64.3 cm³/mol. The molecule has 5 nitrogen and oxygen atoms in total. The third kappa shape index (κ3) is 2.59. The summed E-state index contributed by atoms with van der Waals surface area (Å²) in [6, 6.07) is 2.52. The van der Waals surface area contributed by atoms with Crippen LogP contribution in [0.15, 0.2) is 12.1 Å². The lowest BCUT2D eigenvalue weighted by molar-refractivity contribution is -0.385. The van der Waals surface area contributed by atoms with Crippen molar-refractivity contribution >= 4 is 5.69 Å². The van der Waals surface area contributed by atoms with Gasteiger partial charge < -0.3 is 10.1 Å². The average molecular weight is 254 g/mol. The molecular formula is C12H15FN2O3. The molecule has 2 rings (SSSR count). The molecule has 0 amide bonds. The van der Waals surface area contributed by atoms with Gasteiger partial charge in [0.05, 0.1) is 18.1 Å². The van der Waals surface area contributed by atoms with Gasteiger partial charge in [-0.15, -0.1) is 0 Å². The van der Waals surface area contributed by atoms with Crippen molar-refractivity contribution in [2.45, 2.75) is 25.3 Å². The predicted octanol–water partition coefficient (Wildman–Crippen LogP) is 2.04. The first-order valence-corrected chi connectivity index (χ1v) is 5.86. The molecule has 6 heteroatoms. The molecule has 1 aromatic rings. The maximum Gasteiger partial charge on any atom is 0.272 e. The molecule has 1 atom stereocenters. The number of halogens is 1. The number of ether oxygens (including phenoxy) is 1. The second-order valence-electron chi connectivity index (χ2n) is 4.37. The van der Waals surface area contributed by atoms with Gasteiger partial charge >= 0.3 is 0 Å². The van der Waals surface area contributed by atoms with Gasteiger partial charge in [0.2, 0.25) is 0 Å². The highest BCUT2D eigenvalue weighted by atomic mass is 19.1. The minimum atomic E-state index is -0.681. The standard InChI is InChI=1S/C12H15FN2O3/c1-18-12-8(5-9-3-2-4-14-9)6-10(15(16)17)7-11(12)13/h6-7,9,14H,2-5H2,1H3. The van der Waals surface area contributed by atoms with E-state index in [4.69, 9.17) is 4.74 Å². The summed E-state index contributed by atoms with van der Waals surface area (Å²) in [7, 11) is 1.37. The van der Waals surface area contributed by atoms with E-state index in [1.165, 1.54) is 13.2 Å². The second kappa shape index (κ2) is 5.30. The molecule has 1 heterocycles. The Morgan fingerprint density at radius 1 is 1.61 bits per heavy atom. The van der Waals surface area contributed by atoms with Crippen LogP contribution in [0.25, 0.3) is 0 Å². The Bertz CT molecular complexity index is 459. The topological polar surface area (TPSA) is 64.4 Å². The van der Waals surface area contributed by atoms with Crippen LogP contribution in [0.5, 0.6) is 5.75 Å². The van der Waals surface area contributed by atoms with Crippen LogP contribution in [-0.4, -0.2) is 24.6 Å². The zero-order valence-electron chi connectivity index (χ0n) is 10.1. The largest absolute Gasteiger partial charge is 0.493 e. The fourth-order valence-corrected chi connectivity index (χ4v) is 2.32. The smallest absolute Gasteiger partial charge is 0.272 e. The quantitative estimate of drug-likeness (QED) is 0.659. The Hall–Kier alpha value is -1.69. The first-order valence-electron chi connectivity index (χ1n) is 5.86. The Morgan fingerprint density at radius 3 is 2.94 bits per heavy atom. The van der Waals surface area contributed by atoms with Crippen molar-refractivity contribution < 1.29 is 14.1 Å². The molecule has 0 bridgehead atoms. The number of non-ortho nitro benzene ring substituents is 1. The third-order valence-electron chi connectivity index (χ3n) is 3.15. The van der Waals surface area contributed by atoms with Gasteiger partial charge in [-0.2, -0.15) is 0 Å². The van der Waals surface area contributed by atoms with E-state index in [9.17, 15) is 14.5 Å². The first-order chi connectivity index (χ1) is 8.61. The summed E-state index contributed by atoms with van der Waals surface area (Å²) < 4.78 is 18.7. The number of hydrogen-bond acceptors (Lipinski definition) is 4. The maximum atomic E-state index is 13.7. The van der Waals surface area contributed by atoms with E-state index < -0.39 is 10.7 Å². The van der Waals surface area contributed by atoms with Crippen LogP contribution < -0.4 is 10.1 Å². The fourth-order valence-electron chi connectivity index (χ4n) is 2.32. The van der Waals surface area contributed by atoms with E-state index in [0.717, 1.165) is 25.5 Å². The van der Waals surface area contributed by atoms with Crippen LogP contribution >= 0.6 is 0 Å². The Kier molecular flexibility index (Phi) is 3.76. The SMILES string of the molecule is COc1c(F)cc([N+](=O)[O-])cc1CC1CCCN1. The molecular weight excluding hydrogens is 239 g/mol. The maximum absolute atomic E-state index is 13.7. The van der Waals surface area contributed by atoms with Crippen molar-refractivity contribution in [3.8, 4) is 5.75 Å². The molecule has 0 aliphatic carbocycles. The van der Waals surface area contributed by atoms with Crippen molar-refractivity contribution in [1.29, 1.82) is 0 Å². The number of rotatable bonds is 4. The summed E-state index contributed by atoms with van der Waals surface area (Å²) in [4.78, 5) is 10.1. The number of nitrogens with zero attached hydrogens (tertiary/aromatic N) is 1. The summed E-state index contributed by atoms with van der Waals surface area (Å²) in [6.45, 7) is 0.935. The van der Waals surface area contributed by atoms with Gasteiger partial charge in [0.15, 0.2) is 11.6 Å². The normalized spacial score (nSPS) is 18.9. The summed E-state index contributed by atoms with van der Waals surface area (Å²) in [5, 5.41) is 14.0. The van der Waals surface area contributed by atoms with E-state index in [-0.39, 0.29) is 17.5 Å². The molecule has 1 fully saturated rings. The molecule has 1 aliphatic rings. The monoisotopic (exact) mass is 254 g/mol. The van der Waals surface area contributed by atoms with Crippen molar-refractivity contribution in [3.05, 3.63) is 33.6 Å². The van der Waals surface area contributed by atoms with Crippen LogP contribution in [0.4, 0.5) is 10.1 Å². The molecule has 0 saturated carbocycles. The Balaban J connectivity index is 2.32. The van der Waals surface area contributed by atoms with Gasteiger partial charge in [-0.3, -0.25) is 10.1 Å². The minimum Gasteiger partial charge on any atom is -0.493 e. The van der Waals surface area contributed by atoms with Gasteiger partial charge in [-0.1, -0.05) is 0 Å². The number of benzene rings is 1. The highest BCUT2D eigenvalue weighted by molar-refractivity contribution is 5.45. The third-order valence-corrected chi connectivity index (χ3v) is 3.15. The second-order valence-corrected chi connectivity index (χ2v) is 4.37. The molecule has 0 spiro atoms. The van der Waals surface area contributed by atoms with Gasteiger partial charge in [-0.05, 0) is 25.8 Å². The molecule has 0 radical (unpaired) electrons. The average Bonchev–Trinajstić information content (AvgIpc) is 2.81. The lowest BCUT2D eigenvalue weighted by Crippen LogP contribution is -2.24. The van der Waals surface area contributed by atoms with Crippen LogP contribution in [0.1, 0.15) is 18.4 Å². The van der Waals surface area contributed by atoms with Crippen molar-refractivity contribution in [1.82, 2.24) is 5.32 Å². The van der Waals surface area contributed by atoms with Crippen LogP contribution in [0.2, 0.25) is 0 Å². The highest BCUT2D eigenvalue weighted by Crippen LogP contribution is 2.29. The van der Waals surface area contributed by atoms with Crippen LogP contribution in [0.3, 0.4) is 0 Å². The number of nitro benzene ring substituents is 1. The number of nitrogens with one attached hydrogen (secondary N) is 1. The van der Waals surface area contributed by atoms with Gasteiger partial charge in [0, 0.05) is 17.7 Å². The summed E-state index contributed by atoms with van der Waals surface area (Å²) in [5.41, 5.74) is 0.310. The Labute approximate surface area is 104 Å². The van der Waals surface area contributed by atoms with E-state index in [0.29, 0.717) is 12.0 Å². The van der Waals surface area contributed by atoms with Crippen molar-refractivity contribution in [2.24, 2.45) is 0 Å². The molecule has 98 valence electrons. The summed E-state index contributed by atoms with van der Waals surface area (Å²) in [5.74, 6) is -0.575. The molecule has 1 saturated heterocycles. The van der Waals surface area contributed by atoms with Crippen LogP contribution in [0, 0.1) is 15.9 Å². The van der Waals surface area contributed by atoms with Gasteiger partial charge in [-0.25, -0.2) is 4.39 Å². The van der Waals surface area contributed by atoms with E-state index in [1.54, 1.807) is 0 Å².